The van der Waals surface area contributed by atoms with E-state index in [1.54, 1.807) is 26.8 Å². The van der Waals surface area contributed by atoms with Crippen LogP contribution in [0.1, 0.15) is 45.1 Å². The second-order valence-corrected chi connectivity index (χ2v) is 8.64. The first-order chi connectivity index (χ1) is 13.9. The molecule has 29 heavy (non-hydrogen) atoms. The van der Waals surface area contributed by atoms with E-state index in [2.05, 4.69) is 4.98 Å². The van der Waals surface area contributed by atoms with Gasteiger partial charge in [0.15, 0.2) is 6.29 Å². The number of hydrogen-bond acceptors (Lipinski definition) is 7. The number of rotatable bonds is 11. The standard InChI is InChI=1S/C19H31N2O7P/c1-4-26-29(24,27-5-2)13-10-16(28-17-8-6-7-12-25-17)9-11-21-14-15(3)18(22)20-19(21)23/h10,13-14,16-17H,4-9,11-12H2,1-3H3,(H,20,22,23)/t16-,17+/m0/s1. The van der Waals surface area contributed by atoms with Crippen LogP contribution in [-0.2, 0) is 29.6 Å². The highest BCUT2D eigenvalue weighted by Gasteiger charge is 2.23. The van der Waals surface area contributed by atoms with Crippen LogP contribution in [0.15, 0.2) is 27.7 Å². The van der Waals surface area contributed by atoms with Gasteiger partial charge in [0.05, 0.1) is 19.3 Å². The molecule has 2 rings (SSSR count). The average molecular weight is 430 g/mol. The topological polar surface area (TPSA) is 109 Å². The zero-order valence-electron chi connectivity index (χ0n) is 17.3. The molecular formula is C19H31N2O7P. The molecule has 0 aliphatic carbocycles. The molecule has 1 aromatic rings. The number of aromatic amines is 1. The summed E-state index contributed by atoms with van der Waals surface area (Å²) in [6, 6.07) is 0. The monoisotopic (exact) mass is 430 g/mol. The third-order valence-electron chi connectivity index (χ3n) is 4.41. The zero-order chi connectivity index (χ0) is 21.3. The molecule has 9 nitrogen and oxygen atoms in total. The van der Waals surface area contributed by atoms with Gasteiger partial charge >= 0.3 is 13.3 Å². The molecule has 2 heterocycles. The van der Waals surface area contributed by atoms with Crippen molar-refractivity contribution in [3.05, 3.63) is 44.5 Å². The molecule has 0 unspecified atom stereocenters. The van der Waals surface area contributed by atoms with Gasteiger partial charge in [-0.15, -0.1) is 0 Å². The van der Waals surface area contributed by atoms with Gasteiger partial charge in [0.25, 0.3) is 5.56 Å². The van der Waals surface area contributed by atoms with Crippen molar-refractivity contribution in [1.29, 1.82) is 0 Å². The van der Waals surface area contributed by atoms with Crippen LogP contribution in [0, 0.1) is 6.92 Å². The van der Waals surface area contributed by atoms with Crippen molar-refractivity contribution in [1.82, 2.24) is 9.55 Å². The molecule has 1 aromatic heterocycles. The molecule has 0 saturated carbocycles. The van der Waals surface area contributed by atoms with Gasteiger partial charge in [-0.05, 0) is 52.5 Å². The van der Waals surface area contributed by atoms with Gasteiger partial charge in [0.2, 0.25) is 0 Å². The molecule has 0 amide bonds. The molecule has 2 atom stereocenters. The highest BCUT2D eigenvalue weighted by atomic mass is 31.2. The van der Waals surface area contributed by atoms with Crippen molar-refractivity contribution in [2.75, 3.05) is 19.8 Å². The number of aryl methyl sites for hydroxylation is 2. The minimum absolute atomic E-state index is 0.255. The molecular weight excluding hydrogens is 399 g/mol. The van der Waals surface area contributed by atoms with E-state index < -0.39 is 24.9 Å². The summed E-state index contributed by atoms with van der Waals surface area (Å²) in [4.78, 5) is 25.9. The summed E-state index contributed by atoms with van der Waals surface area (Å²) in [5.41, 5.74) is -0.430. The number of aromatic nitrogens is 2. The van der Waals surface area contributed by atoms with Crippen LogP contribution >= 0.6 is 7.60 Å². The van der Waals surface area contributed by atoms with E-state index >= 15 is 0 Å². The van der Waals surface area contributed by atoms with Crippen LogP contribution < -0.4 is 11.2 Å². The van der Waals surface area contributed by atoms with Crippen LogP contribution in [0.4, 0.5) is 0 Å². The van der Waals surface area contributed by atoms with Crippen molar-refractivity contribution < 1.29 is 23.1 Å². The van der Waals surface area contributed by atoms with Gasteiger partial charge in [-0.1, -0.05) is 0 Å². The van der Waals surface area contributed by atoms with E-state index in [9.17, 15) is 14.2 Å². The lowest BCUT2D eigenvalue weighted by molar-refractivity contribution is -0.179. The van der Waals surface area contributed by atoms with Gasteiger partial charge in [-0.2, -0.15) is 0 Å². The summed E-state index contributed by atoms with van der Waals surface area (Å²) in [6.45, 7) is 6.58. The second kappa shape index (κ2) is 11.6. The van der Waals surface area contributed by atoms with Crippen molar-refractivity contribution in [2.24, 2.45) is 0 Å². The molecule has 10 heteroatoms. The van der Waals surface area contributed by atoms with E-state index in [0.29, 0.717) is 25.1 Å². The van der Waals surface area contributed by atoms with Crippen molar-refractivity contribution in [3.63, 3.8) is 0 Å². The average Bonchev–Trinajstić information content (AvgIpc) is 2.69. The predicted octanol–water partition coefficient (Wildman–Crippen LogP) is 2.93. The predicted molar refractivity (Wildman–Crippen MR) is 109 cm³/mol. The highest BCUT2D eigenvalue weighted by Crippen LogP contribution is 2.49. The fraction of sp³-hybridized carbons (Fsp3) is 0.684. The van der Waals surface area contributed by atoms with Crippen LogP contribution in [0.2, 0.25) is 0 Å². The normalized spacial score (nSPS) is 18.9. The van der Waals surface area contributed by atoms with Gasteiger partial charge in [-0.3, -0.25) is 14.3 Å². The van der Waals surface area contributed by atoms with E-state index in [1.165, 1.54) is 16.6 Å². The van der Waals surface area contributed by atoms with Crippen LogP contribution in [0.3, 0.4) is 0 Å². The Balaban J connectivity index is 2.14. The quantitative estimate of drug-likeness (QED) is 0.538. The minimum atomic E-state index is -3.36. The third kappa shape index (κ3) is 7.68. The summed E-state index contributed by atoms with van der Waals surface area (Å²) >= 11 is 0. The number of H-pyrrole nitrogens is 1. The maximum absolute atomic E-state index is 12.7. The number of ether oxygens (including phenoxy) is 2. The lowest BCUT2D eigenvalue weighted by Gasteiger charge is -2.27. The molecule has 1 saturated heterocycles. The van der Waals surface area contributed by atoms with Crippen LogP contribution in [0.5, 0.6) is 0 Å². The number of nitrogens with zero attached hydrogens (tertiary/aromatic N) is 1. The van der Waals surface area contributed by atoms with Crippen LogP contribution in [-0.4, -0.2) is 41.8 Å². The molecule has 1 aliphatic heterocycles. The first kappa shape index (κ1) is 23.8. The lowest BCUT2D eigenvalue weighted by Crippen LogP contribution is -2.32. The Bertz CT molecular complexity index is 817. The summed E-state index contributed by atoms with van der Waals surface area (Å²) < 4.78 is 36.4. The SMILES string of the molecule is CCOP(=O)(C=C[C@H](CCn1cc(C)c(=O)[nH]c1=O)O[C@@H]1CCCCO1)OCC. The van der Waals surface area contributed by atoms with E-state index in [4.69, 9.17) is 18.5 Å². The molecule has 0 aromatic carbocycles. The van der Waals surface area contributed by atoms with Crippen molar-refractivity contribution >= 4 is 7.60 Å². The Morgan fingerprint density at radius 3 is 2.66 bits per heavy atom. The lowest BCUT2D eigenvalue weighted by atomic mass is 10.2. The van der Waals surface area contributed by atoms with Gasteiger partial charge < -0.3 is 23.1 Å². The molecule has 1 aliphatic rings. The summed E-state index contributed by atoms with van der Waals surface area (Å²) in [6.07, 6.45) is 5.54. The fourth-order valence-corrected chi connectivity index (χ4v) is 4.33. The Kier molecular flexibility index (Phi) is 9.52. The maximum atomic E-state index is 12.7. The van der Waals surface area contributed by atoms with Gasteiger partial charge in [-0.25, -0.2) is 4.79 Å². The molecule has 1 N–H and O–H groups in total. The third-order valence-corrected chi connectivity index (χ3v) is 6.18. The van der Waals surface area contributed by atoms with Gasteiger partial charge in [0, 0.05) is 30.7 Å². The first-order valence-electron chi connectivity index (χ1n) is 10.0. The largest absolute Gasteiger partial charge is 0.353 e. The Labute approximate surface area is 170 Å². The van der Waals surface area contributed by atoms with Crippen LogP contribution in [0.25, 0.3) is 0 Å². The molecule has 1 fully saturated rings. The molecule has 0 radical (unpaired) electrons. The smallest absolute Gasteiger partial charge is 0.353 e. The Hall–Kier alpha value is -1.51. The zero-order valence-corrected chi connectivity index (χ0v) is 18.2. The summed E-state index contributed by atoms with van der Waals surface area (Å²) in [5, 5.41) is 0. The molecule has 0 bridgehead atoms. The van der Waals surface area contributed by atoms with E-state index in [0.717, 1.165) is 19.3 Å². The number of hydrogen-bond donors (Lipinski definition) is 1. The summed E-state index contributed by atoms with van der Waals surface area (Å²) in [5.74, 6) is 1.41. The molecule has 0 spiro atoms. The summed E-state index contributed by atoms with van der Waals surface area (Å²) in [7, 11) is -3.36. The van der Waals surface area contributed by atoms with E-state index in [1.807, 2.05) is 0 Å². The van der Waals surface area contributed by atoms with Crippen molar-refractivity contribution in [3.8, 4) is 0 Å². The van der Waals surface area contributed by atoms with E-state index in [-0.39, 0.29) is 19.5 Å². The maximum Gasteiger partial charge on any atom is 0.353 e. The molecule has 164 valence electrons. The second-order valence-electron chi connectivity index (χ2n) is 6.74. The Morgan fingerprint density at radius 1 is 1.31 bits per heavy atom. The highest BCUT2D eigenvalue weighted by molar-refractivity contribution is 7.57. The van der Waals surface area contributed by atoms with Gasteiger partial charge in [0.1, 0.15) is 0 Å². The minimum Gasteiger partial charge on any atom is -0.353 e. The Morgan fingerprint density at radius 2 is 2.03 bits per heavy atom. The fourth-order valence-electron chi connectivity index (χ4n) is 2.96. The van der Waals surface area contributed by atoms with Crippen molar-refractivity contribution in [2.45, 2.75) is 65.4 Å². The number of nitrogens with one attached hydrogen (secondary N) is 1. The first-order valence-corrected chi connectivity index (χ1v) is 11.6.